The van der Waals surface area contributed by atoms with Gasteiger partial charge in [-0.3, -0.25) is 4.79 Å². The number of halogens is 1. The SMILES string of the molecule is COc1ccc(CCOc2c(OC(C)C)c(OC(C)C)c(OC(=O)C(C)(C)C)c3cc(Cl)ccc23)cc1. The summed E-state index contributed by atoms with van der Waals surface area (Å²) in [5, 5.41) is 1.82. The molecule has 6 nitrogen and oxygen atoms in total. The van der Waals surface area contributed by atoms with Crippen molar-refractivity contribution in [2.75, 3.05) is 13.7 Å². The fourth-order valence-electron chi connectivity index (χ4n) is 3.59. The number of methoxy groups -OCH3 is 1. The monoisotopic (exact) mass is 528 g/mol. The Morgan fingerprint density at radius 2 is 1.43 bits per heavy atom. The van der Waals surface area contributed by atoms with Gasteiger partial charge in [0.05, 0.1) is 31.3 Å². The van der Waals surface area contributed by atoms with Crippen molar-refractivity contribution < 1.29 is 28.5 Å². The Bertz CT molecular complexity index is 1230. The van der Waals surface area contributed by atoms with Crippen LogP contribution >= 0.6 is 11.6 Å². The Labute approximate surface area is 224 Å². The van der Waals surface area contributed by atoms with Crippen molar-refractivity contribution in [3.05, 3.63) is 53.1 Å². The molecule has 0 aliphatic carbocycles. The van der Waals surface area contributed by atoms with E-state index in [0.29, 0.717) is 46.1 Å². The highest BCUT2D eigenvalue weighted by molar-refractivity contribution is 6.31. The van der Waals surface area contributed by atoms with Crippen molar-refractivity contribution in [2.45, 2.75) is 67.1 Å². The smallest absolute Gasteiger partial charge is 0.316 e. The van der Waals surface area contributed by atoms with E-state index in [-0.39, 0.29) is 18.0 Å². The van der Waals surface area contributed by atoms with E-state index in [1.807, 2.05) is 58.0 Å². The van der Waals surface area contributed by atoms with Crippen LogP contribution < -0.4 is 23.7 Å². The van der Waals surface area contributed by atoms with E-state index in [0.717, 1.165) is 11.3 Å². The van der Waals surface area contributed by atoms with Crippen molar-refractivity contribution in [2.24, 2.45) is 5.41 Å². The summed E-state index contributed by atoms with van der Waals surface area (Å²) in [7, 11) is 1.64. The Morgan fingerprint density at radius 3 is 1.97 bits per heavy atom. The molecule has 0 saturated carbocycles. The van der Waals surface area contributed by atoms with Crippen LogP contribution in [0, 0.1) is 5.41 Å². The van der Waals surface area contributed by atoms with Gasteiger partial charge in [0.2, 0.25) is 11.5 Å². The Morgan fingerprint density at radius 1 is 0.838 bits per heavy atom. The molecule has 0 unspecified atom stereocenters. The summed E-state index contributed by atoms with van der Waals surface area (Å²) >= 11 is 6.40. The van der Waals surface area contributed by atoms with Gasteiger partial charge in [-0.2, -0.15) is 0 Å². The number of carbonyl (C=O) groups is 1. The molecule has 0 fully saturated rings. The van der Waals surface area contributed by atoms with Crippen LogP contribution in [-0.2, 0) is 11.2 Å². The molecule has 37 heavy (non-hydrogen) atoms. The van der Waals surface area contributed by atoms with Crippen molar-refractivity contribution in [1.82, 2.24) is 0 Å². The zero-order valence-corrected chi connectivity index (χ0v) is 23.7. The van der Waals surface area contributed by atoms with Gasteiger partial charge in [0.15, 0.2) is 11.5 Å². The van der Waals surface area contributed by atoms with E-state index in [4.69, 9.17) is 35.3 Å². The lowest BCUT2D eigenvalue weighted by Crippen LogP contribution is -2.26. The van der Waals surface area contributed by atoms with Gasteiger partial charge in [-0.15, -0.1) is 0 Å². The summed E-state index contributed by atoms with van der Waals surface area (Å²) in [6.45, 7) is 13.4. The summed E-state index contributed by atoms with van der Waals surface area (Å²) in [5.74, 6) is 1.90. The van der Waals surface area contributed by atoms with Crippen molar-refractivity contribution >= 4 is 28.3 Å². The maximum Gasteiger partial charge on any atom is 0.316 e. The first-order valence-corrected chi connectivity index (χ1v) is 12.9. The average Bonchev–Trinajstić information content (AvgIpc) is 2.82. The molecule has 200 valence electrons. The first kappa shape index (κ1) is 28.5. The third kappa shape index (κ3) is 7.22. The van der Waals surface area contributed by atoms with Gasteiger partial charge in [-0.05, 0) is 84.4 Å². The molecule has 7 heteroatoms. The fourth-order valence-corrected chi connectivity index (χ4v) is 3.76. The minimum absolute atomic E-state index is 0.186. The molecular weight excluding hydrogens is 492 g/mol. The number of hydrogen-bond donors (Lipinski definition) is 0. The van der Waals surface area contributed by atoms with E-state index in [1.54, 1.807) is 40.0 Å². The van der Waals surface area contributed by atoms with Crippen LogP contribution in [0.5, 0.6) is 28.7 Å². The second kappa shape index (κ2) is 12.0. The fraction of sp³-hybridized carbons (Fsp3) is 0.433. The van der Waals surface area contributed by atoms with Crippen molar-refractivity contribution in [3.63, 3.8) is 0 Å². The minimum atomic E-state index is -0.730. The van der Waals surface area contributed by atoms with Crippen LogP contribution in [0.2, 0.25) is 5.02 Å². The molecule has 3 aromatic rings. The minimum Gasteiger partial charge on any atom is -0.497 e. The molecule has 0 saturated heterocycles. The lowest BCUT2D eigenvalue weighted by Gasteiger charge is -2.26. The number of carbonyl (C=O) groups excluding carboxylic acids is 1. The molecule has 0 spiro atoms. The topological polar surface area (TPSA) is 63.2 Å². The van der Waals surface area contributed by atoms with Gasteiger partial charge in [-0.25, -0.2) is 0 Å². The van der Waals surface area contributed by atoms with Crippen LogP contribution in [0.25, 0.3) is 10.8 Å². The third-order valence-corrected chi connectivity index (χ3v) is 5.64. The first-order chi connectivity index (χ1) is 17.4. The number of hydrogen-bond acceptors (Lipinski definition) is 6. The van der Waals surface area contributed by atoms with E-state index in [1.165, 1.54) is 0 Å². The Hall–Kier alpha value is -3.12. The zero-order chi connectivity index (χ0) is 27.3. The van der Waals surface area contributed by atoms with Crippen molar-refractivity contribution in [3.8, 4) is 28.7 Å². The van der Waals surface area contributed by atoms with E-state index < -0.39 is 11.4 Å². The maximum atomic E-state index is 13.0. The number of fused-ring (bicyclic) bond motifs is 1. The highest BCUT2D eigenvalue weighted by atomic mass is 35.5. The maximum absolute atomic E-state index is 13.0. The highest BCUT2D eigenvalue weighted by Gasteiger charge is 2.31. The largest absolute Gasteiger partial charge is 0.497 e. The molecule has 0 heterocycles. The lowest BCUT2D eigenvalue weighted by atomic mass is 9.97. The van der Waals surface area contributed by atoms with Gasteiger partial charge in [0.25, 0.3) is 0 Å². The molecule has 0 aliphatic rings. The molecule has 0 N–H and O–H groups in total. The number of esters is 1. The predicted molar refractivity (Wildman–Crippen MR) is 148 cm³/mol. The predicted octanol–water partition coefficient (Wildman–Crippen LogP) is 7.65. The third-order valence-electron chi connectivity index (χ3n) is 5.40. The van der Waals surface area contributed by atoms with Crippen molar-refractivity contribution in [1.29, 1.82) is 0 Å². The van der Waals surface area contributed by atoms with Crippen LogP contribution in [-0.4, -0.2) is 31.9 Å². The molecule has 3 aromatic carbocycles. The first-order valence-electron chi connectivity index (χ1n) is 12.5. The summed E-state index contributed by atoms with van der Waals surface area (Å²) in [5.41, 5.74) is 0.376. The average molecular weight is 529 g/mol. The molecule has 0 bridgehead atoms. The number of rotatable bonds is 10. The van der Waals surface area contributed by atoms with Crippen LogP contribution in [0.3, 0.4) is 0 Å². The highest BCUT2D eigenvalue weighted by Crippen LogP contribution is 2.53. The standard InChI is InChI=1S/C30H37ClO6/c1-18(2)35-27-25(34-16-15-20-9-12-22(33-8)13-10-20)23-14-11-21(31)17-24(23)26(28(27)36-19(3)4)37-29(32)30(5,6)7/h9-14,17-19H,15-16H2,1-8H3. The lowest BCUT2D eigenvalue weighted by molar-refractivity contribution is -0.143. The van der Waals surface area contributed by atoms with Gasteiger partial charge in [0, 0.05) is 22.2 Å². The zero-order valence-electron chi connectivity index (χ0n) is 22.9. The number of ether oxygens (including phenoxy) is 5. The molecule has 0 atom stereocenters. The molecule has 0 radical (unpaired) electrons. The van der Waals surface area contributed by atoms with E-state index >= 15 is 0 Å². The molecule has 0 aromatic heterocycles. The van der Waals surface area contributed by atoms with Crippen LogP contribution in [0.15, 0.2) is 42.5 Å². The van der Waals surface area contributed by atoms with Crippen LogP contribution in [0.1, 0.15) is 54.0 Å². The summed E-state index contributed by atoms with van der Waals surface area (Å²) in [4.78, 5) is 13.0. The van der Waals surface area contributed by atoms with Gasteiger partial charge >= 0.3 is 5.97 Å². The van der Waals surface area contributed by atoms with Gasteiger partial charge in [0.1, 0.15) is 5.75 Å². The second-order valence-corrected chi connectivity index (χ2v) is 10.9. The molecule has 0 aliphatic heterocycles. The number of benzene rings is 3. The summed E-state index contributed by atoms with van der Waals surface area (Å²) in [6, 6.07) is 13.2. The summed E-state index contributed by atoms with van der Waals surface area (Å²) in [6.07, 6.45) is 0.265. The Kier molecular flexibility index (Phi) is 9.19. The summed E-state index contributed by atoms with van der Waals surface area (Å²) < 4.78 is 30.1. The van der Waals surface area contributed by atoms with Gasteiger partial charge < -0.3 is 23.7 Å². The van der Waals surface area contributed by atoms with E-state index in [9.17, 15) is 4.79 Å². The normalized spacial score (nSPS) is 11.6. The van der Waals surface area contributed by atoms with E-state index in [2.05, 4.69) is 0 Å². The van der Waals surface area contributed by atoms with Gasteiger partial charge in [-0.1, -0.05) is 23.7 Å². The molecule has 3 rings (SSSR count). The Balaban J connectivity index is 2.16. The molecule has 0 amide bonds. The molecular formula is C30H37ClO6. The second-order valence-electron chi connectivity index (χ2n) is 10.4. The van der Waals surface area contributed by atoms with Crippen LogP contribution in [0.4, 0.5) is 0 Å². The quantitative estimate of drug-likeness (QED) is 0.199.